The molecular formula is C14H20O3. The van der Waals surface area contributed by atoms with Gasteiger partial charge in [0.25, 0.3) is 0 Å². The molecule has 0 aliphatic heterocycles. The summed E-state index contributed by atoms with van der Waals surface area (Å²) in [6.07, 6.45) is 2.48. The zero-order valence-corrected chi connectivity index (χ0v) is 11.0. The van der Waals surface area contributed by atoms with E-state index < -0.39 is 11.6 Å². The minimum Gasteiger partial charge on any atom is -0.459 e. The van der Waals surface area contributed by atoms with E-state index in [4.69, 9.17) is 0 Å². The first kappa shape index (κ1) is 13.8. The van der Waals surface area contributed by atoms with Gasteiger partial charge in [-0.05, 0) is 44.6 Å². The summed E-state index contributed by atoms with van der Waals surface area (Å²) in [5, 5.41) is 10.6. The van der Waals surface area contributed by atoms with E-state index in [-0.39, 0.29) is 0 Å². The second kappa shape index (κ2) is 5.37. The molecule has 0 saturated heterocycles. The molecule has 1 saturated carbocycles. The third kappa shape index (κ3) is 3.34. The number of rotatable bonds is 0. The predicted octanol–water partition coefficient (Wildman–Crippen LogP) is 2.05. The van der Waals surface area contributed by atoms with Crippen LogP contribution in [0.25, 0.3) is 0 Å². The maximum Gasteiger partial charge on any atom is 0.384 e. The van der Waals surface area contributed by atoms with Crippen molar-refractivity contribution in [1.29, 1.82) is 0 Å². The maximum atomic E-state index is 11.0. The number of carbonyl (C=O) groups excluding carboxylic acids is 1. The van der Waals surface area contributed by atoms with Crippen LogP contribution in [0.1, 0.15) is 40.0 Å². The van der Waals surface area contributed by atoms with Crippen molar-refractivity contribution in [3.05, 3.63) is 11.1 Å². The Hall–Kier alpha value is -1.27. The molecule has 1 fully saturated rings. The van der Waals surface area contributed by atoms with Crippen LogP contribution in [0.3, 0.4) is 0 Å². The largest absolute Gasteiger partial charge is 0.459 e. The van der Waals surface area contributed by atoms with Gasteiger partial charge in [0.15, 0.2) is 0 Å². The second-order valence-electron chi connectivity index (χ2n) is 4.93. The van der Waals surface area contributed by atoms with Crippen LogP contribution in [0.2, 0.25) is 0 Å². The van der Waals surface area contributed by atoms with Gasteiger partial charge in [-0.15, -0.1) is 0 Å². The van der Waals surface area contributed by atoms with Gasteiger partial charge in [-0.2, -0.15) is 0 Å². The van der Waals surface area contributed by atoms with Crippen molar-refractivity contribution < 1.29 is 14.6 Å². The number of carbonyl (C=O) groups is 1. The smallest absolute Gasteiger partial charge is 0.384 e. The van der Waals surface area contributed by atoms with Gasteiger partial charge in [-0.25, -0.2) is 4.79 Å². The van der Waals surface area contributed by atoms with Crippen LogP contribution in [0.4, 0.5) is 0 Å². The first-order chi connectivity index (χ1) is 7.89. The number of ether oxygens (including phenoxy) is 1. The maximum absolute atomic E-state index is 11.0. The molecule has 3 nitrogen and oxygen atoms in total. The van der Waals surface area contributed by atoms with Crippen molar-refractivity contribution in [3.8, 4) is 11.8 Å². The van der Waals surface area contributed by atoms with Crippen molar-refractivity contribution >= 4 is 5.97 Å². The molecule has 0 aromatic heterocycles. The number of hydrogen-bond acceptors (Lipinski definition) is 3. The summed E-state index contributed by atoms with van der Waals surface area (Å²) in [7, 11) is 1.28. The van der Waals surface area contributed by atoms with Gasteiger partial charge in [0.1, 0.15) is 5.60 Å². The molecule has 0 radical (unpaired) electrons. The molecule has 2 atom stereocenters. The predicted molar refractivity (Wildman–Crippen MR) is 66.1 cm³/mol. The Morgan fingerprint density at radius 2 is 2.18 bits per heavy atom. The van der Waals surface area contributed by atoms with E-state index in [1.165, 1.54) is 7.11 Å². The number of hydrogen-bond donors (Lipinski definition) is 1. The lowest BCUT2D eigenvalue weighted by Crippen LogP contribution is -2.36. The Morgan fingerprint density at radius 3 is 2.71 bits per heavy atom. The van der Waals surface area contributed by atoms with Crippen molar-refractivity contribution in [2.24, 2.45) is 5.92 Å². The van der Waals surface area contributed by atoms with Crippen molar-refractivity contribution in [3.63, 3.8) is 0 Å². The summed E-state index contributed by atoms with van der Waals surface area (Å²) in [5.74, 6) is 4.84. The molecule has 0 spiro atoms. The van der Waals surface area contributed by atoms with Crippen molar-refractivity contribution in [2.45, 2.75) is 45.6 Å². The van der Waals surface area contributed by atoms with Crippen LogP contribution < -0.4 is 0 Å². The van der Waals surface area contributed by atoms with Gasteiger partial charge < -0.3 is 9.84 Å². The molecule has 3 heteroatoms. The summed E-state index contributed by atoms with van der Waals surface area (Å²) in [4.78, 5) is 11.0. The van der Waals surface area contributed by atoms with E-state index in [1.807, 2.05) is 13.8 Å². The first-order valence-electron chi connectivity index (χ1n) is 5.89. The first-order valence-corrected chi connectivity index (χ1v) is 5.89. The van der Waals surface area contributed by atoms with E-state index in [0.29, 0.717) is 12.3 Å². The zero-order valence-electron chi connectivity index (χ0n) is 11.0. The van der Waals surface area contributed by atoms with Crippen molar-refractivity contribution in [2.75, 3.05) is 7.11 Å². The lowest BCUT2D eigenvalue weighted by Gasteiger charge is -2.35. The molecule has 1 rings (SSSR count). The molecule has 0 amide bonds. The van der Waals surface area contributed by atoms with Gasteiger partial charge in [0.2, 0.25) is 0 Å². The van der Waals surface area contributed by atoms with Crippen LogP contribution in [0.15, 0.2) is 11.1 Å². The van der Waals surface area contributed by atoms with Crippen LogP contribution in [-0.4, -0.2) is 23.8 Å². The fourth-order valence-corrected chi connectivity index (χ4v) is 2.32. The standard InChI is InChI=1S/C14H20O3/c1-10(2)12-6-5-11(3)9-14(12,16)8-7-13(15)17-4/h11,16H,5-6,9H2,1-4H3/t11-,14-/m1/s1. The van der Waals surface area contributed by atoms with E-state index in [9.17, 15) is 9.90 Å². The highest BCUT2D eigenvalue weighted by molar-refractivity contribution is 5.88. The van der Waals surface area contributed by atoms with Crippen LogP contribution in [-0.2, 0) is 9.53 Å². The number of esters is 1. The quantitative estimate of drug-likeness (QED) is 0.303. The van der Waals surface area contributed by atoms with Crippen LogP contribution in [0.5, 0.6) is 0 Å². The Bertz CT molecular complexity index is 393. The Morgan fingerprint density at radius 1 is 1.53 bits per heavy atom. The molecule has 0 aromatic rings. The van der Waals surface area contributed by atoms with Crippen LogP contribution >= 0.6 is 0 Å². The Balaban J connectivity index is 3.05. The van der Waals surface area contributed by atoms with E-state index in [2.05, 4.69) is 23.5 Å². The highest BCUT2D eigenvalue weighted by atomic mass is 16.5. The van der Waals surface area contributed by atoms with Gasteiger partial charge >= 0.3 is 5.97 Å². The molecule has 94 valence electrons. The number of methoxy groups -OCH3 is 1. The number of allylic oxidation sites excluding steroid dienone is 1. The summed E-state index contributed by atoms with van der Waals surface area (Å²) in [6.45, 7) is 6.03. The average molecular weight is 236 g/mol. The third-order valence-corrected chi connectivity index (χ3v) is 3.19. The average Bonchev–Trinajstić information content (AvgIpc) is 2.25. The third-order valence-electron chi connectivity index (χ3n) is 3.19. The summed E-state index contributed by atoms with van der Waals surface area (Å²) in [6, 6.07) is 0. The molecule has 0 bridgehead atoms. The van der Waals surface area contributed by atoms with E-state index >= 15 is 0 Å². The molecular weight excluding hydrogens is 216 g/mol. The summed E-state index contributed by atoms with van der Waals surface area (Å²) in [5.41, 5.74) is 0.871. The lowest BCUT2D eigenvalue weighted by atomic mass is 9.74. The Labute approximate surface area is 103 Å². The van der Waals surface area contributed by atoms with Crippen molar-refractivity contribution in [1.82, 2.24) is 0 Å². The van der Waals surface area contributed by atoms with Gasteiger partial charge in [-0.1, -0.05) is 18.4 Å². The summed E-state index contributed by atoms with van der Waals surface area (Å²) < 4.78 is 4.47. The fourth-order valence-electron chi connectivity index (χ4n) is 2.32. The Kier molecular flexibility index (Phi) is 4.36. The van der Waals surface area contributed by atoms with Gasteiger partial charge in [0.05, 0.1) is 7.11 Å². The minimum absolute atomic E-state index is 0.412. The fraction of sp³-hybridized carbons (Fsp3) is 0.643. The highest BCUT2D eigenvalue weighted by Gasteiger charge is 2.36. The molecule has 0 unspecified atom stereocenters. The SMILES string of the molecule is COC(=O)C#C[C@@]1(O)C[C@H](C)CCC1=C(C)C. The second-order valence-corrected chi connectivity index (χ2v) is 4.93. The van der Waals surface area contributed by atoms with Gasteiger partial charge in [0, 0.05) is 5.92 Å². The minimum atomic E-state index is -1.16. The van der Waals surface area contributed by atoms with E-state index in [1.54, 1.807) is 0 Å². The molecule has 0 heterocycles. The molecule has 0 aromatic carbocycles. The lowest BCUT2D eigenvalue weighted by molar-refractivity contribution is -0.133. The number of aliphatic hydroxyl groups is 1. The normalized spacial score (nSPS) is 28.1. The highest BCUT2D eigenvalue weighted by Crippen LogP contribution is 2.37. The zero-order chi connectivity index (χ0) is 13.1. The van der Waals surface area contributed by atoms with Gasteiger partial charge in [-0.3, -0.25) is 0 Å². The molecule has 1 N–H and O–H groups in total. The topological polar surface area (TPSA) is 46.5 Å². The van der Waals surface area contributed by atoms with E-state index in [0.717, 1.165) is 24.0 Å². The molecule has 1 aliphatic carbocycles. The monoisotopic (exact) mass is 236 g/mol. The summed E-state index contributed by atoms with van der Waals surface area (Å²) >= 11 is 0. The van der Waals surface area contributed by atoms with Crippen LogP contribution in [0, 0.1) is 17.8 Å². The molecule has 1 aliphatic rings. The molecule has 17 heavy (non-hydrogen) atoms.